The Morgan fingerprint density at radius 2 is 1.78 bits per heavy atom. The van der Waals surface area contributed by atoms with Crippen LogP contribution in [0.25, 0.3) is 0 Å². The molecule has 146 valence electrons. The van der Waals surface area contributed by atoms with E-state index in [1.54, 1.807) is 12.1 Å². The number of hydrogen-bond donors (Lipinski definition) is 0. The maximum absolute atomic E-state index is 12.8. The zero-order valence-corrected chi connectivity index (χ0v) is 17.1. The largest absolute Gasteiger partial charge is 0.379 e. The molecular formula is C21H28N2O3S. The highest BCUT2D eigenvalue weighted by Crippen LogP contribution is 2.20. The van der Waals surface area contributed by atoms with Crippen molar-refractivity contribution >= 4 is 10.0 Å². The summed E-state index contributed by atoms with van der Waals surface area (Å²) in [4.78, 5) is 2.57. The van der Waals surface area contributed by atoms with Crippen molar-refractivity contribution in [2.75, 3.05) is 33.4 Å². The number of nitrogens with zero attached hydrogens (tertiary/aromatic N) is 2. The van der Waals surface area contributed by atoms with E-state index in [9.17, 15) is 8.42 Å². The van der Waals surface area contributed by atoms with Crippen LogP contribution >= 0.6 is 0 Å². The lowest BCUT2D eigenvalue weighted by Crippen LogP contribution is -2.40. The summed E-state index contributed by atoms with van der Waals surface area (Å²) in [5, 5.41) is 0. The second-order valence-electron chi connectivity index (χ2n) is 7.27. The molecule has 0 radical (unpaired) electrons. The minimum absolute atomic E-state index is 0.363. The third-order valence-electron chi connectivity index (χ3n) is 4.90. The molecule has 0 spiro atoms. The van der Waals surface area contributed by atoms with Gasteiger partial charge in [0.25, 0.3) is 0 Å². The number of rotatable bonds is 6. The zero-order chi connectivity index (χ0) is 19.4. The molecule has 0 saturated carbocycles. The quantitative estimate of drug-likeness (QED) is 0.763. The van der Waals surface area contributed by atoms with Crippen molar-refractivity contribution in [1.82, 2.24) is 9.21 Å². The Kier molecular flexibility index (Phi) is 6.32. The molecule has 1 heterocycles. The van der Waals surface area contributed by atoms with Crippen LogP contribution in [0.4, 0.5) is 0 Å². The molecule has 1 aliphatic rings. The fraction of sp³-hybridized carbons (Fsp3) is 0.429. The SMILES string of the molecule is Cc1ccc(CN(C)Cc2cccc(S(=O)(=O)N3CCOCC3)c2)c(C)c1. The summed E-state index contributed by atoms with van der Waals surface area (Å²) in [6.45, 7) is 7.49. The first-order valence-corrected chi connectivity index (χ1v) is 10.7. The average molecular weight is 389 g/mol. The first kappa shape index (κ1) is 20.0. The van der Waals surface area contributed by atoms with E-state index in [-0.39, 0.29) is 0 Å². The third-order valence-corrected chi connectivity index (χ3v) is 6.79. The predicted molar refractivity (Wildman–Crippen MR) is 107 cm³/mol. The summed E-state index contributed by atoms with van der Waals surface area (Å²) >= 11 is 0. The summed E-state index contributed by atoms with van der Waals surface area (Å²) in [6.07, 6.45) is 0. The lowest BCUT2D eigenvalue weighted by Gasteiger charge is -2.26. The van der Waals surface area contributed by atoms with Gasteiger partial charge < -0.3 is 4.74 Å². The number of aryl methyl sites for hydroxylation is 2. The number of sulfonamides is 1. The minimum Gasteiger partial charge on any atom is -0.379 e. The van der Waals surface area contributed by atoms with Crippen molar-refractivity contribution in [2.45, 2.75) is 31.8 Å². The Bertz CT molecular complexity index is 890. The molecule has 0 N–H and O–H groups in total. The van der Waals surface area contributed by atoms with Crippen molar-refractivity contribution in [2.24, 2.45) is 0 Å². The van der Waals surface area contributed by atoms with Crippen LogP contribution in [0.3, 0.4) is 0 Å². The molecular weight excluding hydrogens is 360 g/mol. The van der Waals surface area contributed by atoms with Crippen LogP contribution in [0.5, 0.6) is 0 Å². The lowest BCUT2D eigenvalue weighted by atomic mass is 10.1. The van der Waals surface area contributed by atoms with Gasteiger partial charge in [0.1, 0.15) is 0 Å². The van der Waals surface area contributed by atoms with Crippen LogP contribution in [-0.4, -0.2) is 51.0 Å². The van der Waals surface area contributed by atoms with Gasteiger partial charge in [-0.25, -0.2) is 8.42 Å². The number of morpholine rings is 1. The molecule has 0 bridgehead atoms. The van der Waals surface area contributed by atoms with Gasteiger partial charge in [-0.05, 0) is 49.7 Å². The Labute approximate surface area is 162 Å². The molecule has 1 saturated heterocycles. The van der Waals surface area contributed by atoms with Gasteiger partial charge in [-0.2, -0.15) is 4.31 Å². The predicted octanol–water partition coefficient (Wildman–Crippen LogP) is 2.96. The molecule has 1 aliphatic heterocycles. The maximum atomic E-state index is 12.8. The van der Waals surface area contributed by atoms with Gasteiger partial charge >= 0.3 is 0 Å². The summed E-state index contributed by atoms with van der Waals surface area (Å²) < 4.78 is 32.5. The lowest BCUT2D eigenvalue weighted by molar-refractivity contribution is 0.0730. The van der Waals surface area contributed by atoms with Crippen LogP contribution in [0, 0.1) is 13.8 Å². The molecule has 5 nitrogen and oxygen atoms in total. The normalized spacial score (nSPS) is 16.0. The monoisotopic (exact) mass is 388 g/mol. The zero-order valence-electron chi connectivity index (χ0n) is 16.3. The van der Waals surface area contributed by atoms with Gasteiger partial charge in [-0.15, -0.1) is 0 Å². The van der Waals surface area contributed by atoms with Crippen molar-refractivity contribution in [3.05, 3.63) is 64.7 Å². The first-order valence-electron chi connectivity index (χ1n) is 9.28. The Morgan fingerprint density at radius 1 is 1.04 bits per heavy atom. The Hall–Kier alpha value is -1.73. The standard InChI is InChI=1S/C21H28N2O3S/c1-17-7-8-20(18(2)13-17)16-22(3)15-19-5-4-6-21(14-19)27(24,25)23-9-11-26-12-10-23/h4-8,13-14H,9-12,15-16H2,1-3H3. The van der Waals surface area contributed by atoms with Crippen LogP contribution in [0.1, 0.15) is 22.3 Å². The van der Waals surface area contributed by atoms with Crippen LogP contribution < -0.4 is 0 Å². The average Bonchev–Trinajstić information content (AvgIpc) is 2.65. The highest BCUT2D eigenvalue weighted by atomic mass is 32.2. The van der Waals surface area contributed by atoms with Crippen LogP contribution in [-0.2, 0) is 27.8 Å². The van der Waals surface area contributed by atoms with E-state index in [1.807, 2.05) is 12.1 Å². The van der Waals surface area contributed by atoms with Gasteiger partial charge in [0, 0.05) is 26.2 Å². The van der Waals surface area contributed by atoms with Crippen LogP contribution in [0.2, 0.25) is 0 Å². The van der Waals surface area contributed by atoms with Crippen molar-refractivity contribution in [3.8, 4) is 0 Å². The Morgan fingerprint density at radius 3 is 2.48 bits per heavy atom. The molecule has 0 amide bonds. The molecule has 3 rings (SSSR count). The minimum atomic E-state index is -3.46. The molecule has 6 heteroatoms. The highest BCUT2D eigenvalue weighted by molar-refractivity contribution is 7.89. The van der Waals surface area contributed by atoms with Crippen LogP contribution in [0.15, 0.2) is 47.4 Å². The molecule has 1 fully saturated rings. The van der Waals surface area contributed by atoms with Crippen molar-refractivity contribution in [1.29, 1.82) is 0 Å². The fourth-order valence-corrected chi connectivity index (χ4v) is 4.90. The second-order valence-corrected chi connectivity index (χ2v) is 9.20. The third kappa shape index (κ3) is 4.96. The van der Waals surface area contributed by atoms with Gasteiger partial charge in [0.15, 0.2) is 0 Å². The number of hydrogen-bond acceptors (Lipinski definition) is 4. The van der Waals surface area contributed by atoms with E-state index in [4.69, 9.17) is 4.74 Å². The van der Waals surface area contributed by atoms with E-state index in [0.717, 1.165) is 12.1 Å². The van der Waals surface area contributed by atoms with Gasteiger partial charge in [-0.1, -0.05) is 35.9 Å². The number of ether oxygens (including phenoxy) is 1. The van der Waals surface area contributed by atoms with E-state index in [1.165, 1.54) is 21.0 Å². The molecule has 27 heavy (non-hydrogen) atoms. The smallest absolute Gasteiger partial charge is 0.243 e. The van der Waals surface area contributed by atoms with E-state index < -0.39 is 10.0 Å². The summed E-state index contributed by atoms with van der Waals surface area (Å²) in [5.74, 6) is 0. The highest BCUT2D eigenvalue weighted by Gasteiger charge is 2.26. The van der Waals surface area contributed by atoms with E-state index in [0.29, 0.717) is 37.7 Å². The molecule has 0 unspecified atom stereocenters. The second kappa shape index (κ2) is 8.52. The van der Waals surface area contributed by atoms with E-state index >= 15 is 0 Å². The molecule has 0 atom stereocenters. The van der Waals surface area contributed by atoms with Gasteiger partial charge in [-0.3, -0.25) is 4.90 Å². The summed E-state index contributed by atoms with van der Waals surface area (Å²) in [6, 6.07) is 13.8. The molecule has 0 aromatic heterocycles. The molecule has 2 aromatic carbocycles. The van der Waals surface area contributed by atoms with Gasteiger partial charge in [0.05, 0.1) is 18.1 Å². The first-order chi connectivity index (χ1) is 12.9. The van der Waals surface area contributed by atoms with Gasteiger partial charge in [0.2, 0.25) is 10.0 Å². The summed E-state index contributed by atoms with van der Waals surface area (Å²) in [5.41, 5.74) is 4.84. The van der Waals surface area contributed by atoms with Crippen molar-refractivity contribution in [3.63, 3.8) is 0 Å². The topological polar surface area (TPSA) is 49.9 Å². The van der Waals surface area contributed by atoms with E-state index in [2.05, 4.69) is 44.0 Å². The molecule has 2 aromatic rings. The Balaban J connectivity index is 1.71. The maximum Gasteiger partial charge on any atom is 0.243 e. The summed E-state index contributed by atoms with van der Waals surface area (Å²) in [7, 11) is -1.40. The molecule has 0 aliphatic carbocycles. The fourth-order valence-electron chi connectivity index (χ4n) is 3.42. The number of benzene rings is 2. The van der Waals surface area contributed by atoms with Crippen molar-refractivity contribution < 1.29 is 13.2 Å².